The van der Waals surface area contributed by atoms with E-state index in [0.717, 1.165) is 31.6 Å². The van der Waals surface area contributed by atoms with E-state index in [4.69, 9.17) is 14.2 Å². The van der Waals surface area contributed by atoms with Gasteiger partial charge in [0.25, 0.3) is 0 Å². The molecule has 0 spiro atoms. The van der Waals surface area contributed by atoms with Gasteiger partial charge in [0.1, 0.15) is 16.8 Å². The maximum atomic E-state index is 13.0. The molecule has 0 saturated carbocycles. The fraction of sp³-hybridized carbons (Fsp3) is 0.737. The molecule has 2 aliphatic heterocycles. The van der Waals surface area contributed by atoms with Crippen LogP contribution in [0.5, 0.6) is 0 Å². The van der Waals surface area contributed by atoms with Crippen LogP contribution in [0, 0.1) is 0 Å². The minimum atomic E-state index is -0.922. The maximum Gasteiger partial charge on any atom is 0.335 e. The zero-order valence-corrected chi connectivity index (χ0v) is 32.6. The van der Waals surface area contributed by atoms with E-state index >= 15 is 0 Å². The lowest BCUT2D eigenvalue weighted by Crippen LogP contribution is -2.50. The average molecular weight is 718 g/mol. The number of aromatic carboxylic acids is 1. The summed E-state index contributed by atoms with van der Waals surface area (Å²) < 4.78 is 17.0. The predicted molar refractivity (Wildman–Crippen MR) is 196 cm³/mol. The van der Waals surface area contributed by atoms with Crippen LogP contribution in [0.3, 0.4) is 0 Å². The minimum absolute atomic E-state index is 0.0941. The lowest BCUT2D eigenvalue weighted by molar-refractivity contribution is -0.158. The molecule has 1 N–H and O–H groups in total. The van der Waals surface area contributed by atoms with Gasteiger partial charge in [-0.25, -0.2) is 4.79 Å². The molecule has 13 nitrogen and oxygen atoms in total. The average Bonchev–Trinajstić information content (AvgIpc) is 2.97. The molecule has 13 heteroatoms. The van der Waals surface area contributed by atoms with Gasteiger partial charge in [-0.3, -0.25) is 38.9 Å². The topological polar surface area (TPSA) is 132 Å². The Morgan fingerprint density at radius 3 is 1.29 bits per heavy atom. The highest BCUT2D eigenvalue weighted by atomic mass is 16.6. The monoisotopic (exact) mass is 717 g/mol. The van der Waals surface area contributed by atoms with Crippen LogP contribution < -0.4 is 0 Å². The Hall–Kier alpha value is -3.10. The molecule has 0 unspecified atom stereocenters. The molecule has 0 amide bonds. The Morgan fingerprint density at radius 2 is 0.922 bits per heavy atom. The van der Waals surface area contributed by atoms with Gasteiger partial charge < -0.3 is 19.3 Å². The van der Waals surface area contributed by atoms with Crippen molar-refractivity contribution >= 4 is 23.9 Å². The smallest absolute Gasteiger partial charge is 0.335 e. The number of carboxylic acids is 1. The normalized spacial score (nSPS) is 18.6. The first-order valence-corrected chi connectivity index (χ1v) is 18.3. The fourth-order valence-electron chi connectivity index (χ4n) is 6.17. The maximum absolute atomic E-state index is 13.0. The van der Waals surface area contributed by atoms with Crippen molar-refractivity contribution in [1.82, 2.24) is 24.5 Å². The molecule has 0 atom stereocenters. The summed E-state index contributed by atoms with van der Waals surface area (Å²) in [5.74, 6) is -1.83. The van der Waals surface area contributed by atoms with E-state index in [1.54, 1.807) is 12.1 Å². The molecule has 0 radical (unpaired) electrons. The largest absolute Gasteiger partial charge is 0.478 e. The van der Waals surface area contributed by atoms with Crippen LogP contribution in [0.4, 0.5) is 0 Å². The second kappa shape index (κ2) is 18.6. The Morgan fingerprint density at radius 1 is 0.549 bits per heavy atom. The van der Waals surface area contributed by atoms with Crippen LogP contribution >= 0.6 is 0 Å². The summed E-state index contributed by atoms with van der Waals surface area (Å²) in [6.07, 6.45) is 0.863. The van der Waals surface area contributed by atoms with Gasteiger partial charge in [0, 0.05) is 78.5 Å². The van der Waals surface area contributed by atoms with Gasteiger partial charge in [-0.15, -0.1) is 0 Å². The van der Waals surface area contributed by atoms with Crippen molar-refractivity contribution in [3.63, 3.8) is 0 Å². The van der Waals surface area contributed by atoms with Crippen molar-refractivity contribution in [2.24, 2.45) is 0 Å². The number of hydrogen-bond donors (Lipinski definition) is 1. The van der Waals surface area contributed by atoms with E-state index in [2.05, 4.69) is 19.6 Å². The molecule has 0 bridgehead atoms. The van der Waals surface area contributed by atoms with E-state index in [1.807, 2.05) is 73.3 Å². The Bertz CT molecular complexity index is 1290. The summed E-state index contributed by atoms with van der Waals surface area (Å²) in [5, 5.41) is 9.50. The molecule has 3 rings (SSSR count). The molecule has 2 heterocycles. The molecule has 2 aliphatic rings. The van der Waals surface area contributed by atoms with Crippen LogP contribution in [0.25, 0.3) is 0 Å². The van der Waals surface area contributed by atoms with Crippen LogP contribution in [0.1, 0.15) is 83.8 Å². The summed E-state index contributed by atoms with van der Waals surface area (Å²) in [7, 11) is 0. The van der Waals surface area contributed by atoms with Gasteiger partial charge >= 0.3 is 23.9 Å². The highest BCUT2D eigenvalue weighted by Gasteiger charge is 2.26. The Kier molecular flexibility index (Phi) is 15.4. The van der Waals surface area contributed by atoms with E-state index < -0.39 is 22.8 Å². The van der Waals surface area contributed by atoms with Crippen molar-refractivity contribution in [3.8, 4) is 0 Å². The molecule has 1 fully saturated rings. The Balaban J connectivity index is 1.79. The Labute approximate surface area is 305 Å². The van der Waals surface area contributed by atoms with Gasteiger partial charge in [-0.2, -0.15) is 0 Å². The lowest BCUT2D eigenvalue weighted by atomic mass is 9.97. The summed E-state index contributed by atoms with van der Waals surface area (Å²) >= 11 is 0. The molecule has 0 aromatic heterocycles. The second-order valence-corrected chi connectivity index (χ2v) is 16.7. The quantitative estimate of drug-likeness (QED) is 0.281. The van der Waals surface area contributed by atoms with Crippen molar-refractivity contribution in [1.29, 1.82) is 0 Å². The van der Waals surface area contributed by atoms with Crippen molar-refractivity contribution in [3.05, 3.63) is 34.9 Å². The molecule has 1 saturated heterocycles. The van der Waals surface area contributed by atoms with Crippen molar-refractivity contribution in [2.45, 2.75) is 92.1 Å². The zero-order valence-electron chi connectivity index (χ0n) is 32.6. The second-order valence-electron chi connectivity index (χ2n) is 16.7. The van der Waals surface area contributed by atoms with Gasteiger partial charge in [-0.05, 0) is 92.0 Å². The fourth-order valence-corrected chi connectivity index (χ4v) is 6.17. The summed E-state index contributed by atoms with van der Waals surface area (Å²) in [6.45, 7) is 24.9. The van der Waals surface area contributed by atoms with E-state index in [1.165, 1.54) is 5.56 Å². The molecule has 51 heavy (non-hydrogen) atoms. The molecular weight excluding hydrogens is 654 g/mol. The van der Waals surface area contributed by atoms with Crippen molar-refractivity contribution < 1.29 is 38.5 Å². The standard InChI is InChI=1S/C38H63N5O8/c1-36(2,3)49-32(44)26-41-18-15-39(14-17-40-13-12-29-10-11-30(35(47)48)24-31(29)25-40)16-19-42(27-33(45)50-37(4,5)6)21-23-43(22-20-41)28-34(46)51-38(7,8)9/h10-11,24H,12-23,25-28H2,1-9H3,(H,47,48). The minimum Gasteiger partial charge on any atom is -0.478 e. The molecule has 1 aromatic rings. The van der Waals surface area contributed by atoms with E-state index in [9.17, 15) is 24.3 Å². The zero-order chi connectivity index (χ0) is 38.0. The third-order valence-electron chi connectivity index (χ3n) is 8.52. The number of carbonyl (C=O) groups is 4. The van der Waals surface area contributed by atoms with Crippen LogP contribution in [0.15, 0.2) is 18.2 Å². The lowest BCUT2D eigenvalue weighted by Gasteiger charge is -2.35. The predicted octanol–water partition coefficient (Wildman–Crippen LogP) is 2.99. The SMILES string of the molecule is CC(C)(C)OC(=O)CN1CCN(CCN2CCc3ccc(C(=O)O)cc3C2)CCN(CC(=O)OC(C)(C)C)CCN(CC(=O)OC(C)(C)C)CC1. The van der Waals surface area contributed by atoms with Crippen LogP contribution in [-0.2, 0) is 41.6 Å². The van der Waals surface area contributed by atoms with Gasteiger partial charge in [0.15, 0.2) is 0 Å². The number of carbonyl (C=O) groups excluding carboxylic acids is 3. The van der Waals surface area contributed by atoms with Gasteiger partial charge in [-0.1, -0.05) is 6.07 Å². The number of nitrogens with zero attached hydrogens (tertiary/aromatic N) is 5. The summed E-state index contributed by atoms with van der Waals surface area (Å²) in [4.78, 5) is 61.4. The molecule has 1 aromatic carbocycles. The number of benzene rings is 1. The molecule has 288 valence electrons. The highest BCUT2D eigenvalue weighted by molar-refractivity contribution is 5.88. The first-order valence-electron chi connectivity index (χ1n) is 18.3. The number of hydrogen-bond acceptors (Lipinski definition) is 12. The number of esters is 3. The number of carboxylic acid groups (broad SMARTS) is 1. The van der Waals surface area contributed by atoms with E-state index in [0.29, 0.717) is 64.5 Å². The summed E-state index contributed by atoms with van der Waals surface area (Å²) in [5.41, 5.74) is 0.732. The third kappa shape index (κ3) is 16.9. The molecule has 0 aliphatic carbocycles. The van der Waals surface area contributed by atoms with Crippen LogP contribution in [0.2, 0.25) is 0 Å². The summed E-state index contributed by atoms with van der Waals surface area (Å²) in [6, 6.07) is 5.39. The van der Waals surface area contributed by atoms with Gasteiger partial charge in [0.05, 0.1) is 25.2 Å². The van der Waals surface area contributed by atoms with Crippen molar-refractivity contribution in [2.75, 3.05) is 91.6 Å². The number of fused-ring (bicyclic) bond motifs is 1. The number of rotatable bonds is 10. The first kappa shape index (κ1) is 42.3. The third-order valence-corrected chi connectivity index (χ3v) is 8.52. The van der Waals surface area contributed by atoms with Crippen LogP contribution in [-0.4, -0.2) is 162 Å². The molecular formula is C38H63N5O8. The highest BCUT2D eigenvalue weighted by Crippen LogP contribution is 2.21. The van der Waals surface area contributed by atoms with Gasteiger partial charge in [0.2, 0.25) is 0 Å². The van der Waals surface area contributed by atoms with E-state index in [-0.39, 0.29) is 37.5 Å². The first-order chi connectivity index (χ1) is 23.6. The number of ether oxygens (including phenoxy) is 3.